The molecule has 1 aliphatic carbocycles. The van der Waals surface area contributed by atoms with E-state index in [9.17, 15) is 4.79 Å². The van der Waals surface area contributed by atoms with Crippen molar-refractivity contribution in [2.24, 2.45) is 5.92 Å². The maximum Gasteiger partial charge on any atom is 0.234 e. The Morgan fingerprint density at radius 1 is 1.35 bits per heavy atom. The lowest BCUT2D eigenvalue weighted by atomic mass is 10.0. The maximum absolute atomic E-state index is 12.2. The van der Waals surface area contributed by atoms with Crippen molar-refractivity contribution in [3.63, 3.8) is 0 Å². The van der Waals surface area contributed by atoms with E-state index in [1.54, 1.807) is 0 Å². The van der Waals surface area contributed by atoms with E-state index in [4.69, 9.17) is 16.3 Å². The van der Waals surface area contributed by atoms with E-state index in [-0.39, 0.29) is 17.6 Å². The Bertz CT molecular complexity index is 602. The van der Waals surface area contributed by atoms with Crippen LogP contribution in [0, 0.1) is 5.92 Å². The van der Waals surface area contributed by atoms with Crippen molar-refractivity contribution in [2.75, 3.05) is 39.3 Å². The molecule has 2 fully saturated rings. The SMILES string of the molecule is CC1(C)CN(C(CNC(=O)CNCC2CC2)c2ccc(Cl)cc2)CCO1. The van der Waals surface area contributed by atoms with Crippen LogP contribution in [0.2, 0.25) is 5.02 Å². The van der Waals surface area contributed by atoms with Gasteiger partial charge >= 0.3 is 0 Å². The van der Waals surface area contributed by atoms with Crippen LogP contribution in [0.1, 0.15) is 38.3 Å². The van der Waals surface area contributed by atoms with E-state index in [1.807, 2.05) is 24.3 Å². The fourth-order valence-electron chi connectivity index (χ4n) is 3.45. The van der Waals surface area contributed by atoms with Crippen LogP contribution in [-0.2, 0) is 9.53 Å². The highest BCUT2D eigenvalue weighted by Gasteiger charge is 2.32. The molecule has 26 heavy (non-hydrogen) atoms. The standard InChI is InChI=1S/C20H30ClN3O2/c1-20(2)14-24(9-10-26-20)18(16-5-7-17(21)8-6-16)12-23-19(25)13-22-11-15-3-4-15/h5-8,15,18,22H,3-4,9-14H2,1-2H3,(H,23,25). The molecule has 1 unspecified atom stereocenters. The monoisotopic (exact) mass is 379 g/mol. The zero-order chi connectivity index (χ0) is 18.6. The first-order valence-corrected chi connectivity index (χ1v) is 9.92. The fourth-order valence-corrected chi connectivity index (χ4v) is 3.57. The Balaban J connectivity index is 1.60. The largest absolute Gasteiger partial charge is 0.373 e. The summed E-state index contributed by atoms with van der Waals surface area (Å²) >= 11 is 6.05. The number of ether oxygens (including phenoxy) is 1. The molecular weight excluding hydrogens is 350 g/mol. The predicted molar refractivity (Wildman–Crippen MR) is 104 cm³/mol. The van der Waals surface area contributed by atoms with Crippen LogP contribution < -0.4 is 10.6 Å². The maximum atomic E-state index is 12.2. The number of halogens is 1. The third-order valence-electron chi connectivity index (χ3n) is 5.06. The average molecular weight is 380 g/mol. The van der Waals surface area contributed by atoms with Crippen molar-refractivity contribution in [1.29, 1.82) is 0 Å². The van der Waals surface area contributed by atoms with Gasteiger partial charge in [-0.2, -0.15) is 0 Å². The highest BCUT2D eigenvalue weighted by molar-refractivity contribution is 6.30. The summed E-state index contributed by atoms with van der Waals surface area (Å²) in [6.45, 7) is 8.53. The molecule has 0 bridgehead atoms. The quantitative estimate of drug-likeness (QED) is 0.729. The molecule has 1 atom stereocenters. The second-order valence-corrected chi connectivity index (χ2v) is 8.46. The zero-order valence-corrected chi connectivity index (χ0v) is 16.5. The summed E-state index contributed by atoms with van der Waals surface area (Å²) in [6.07, 6.45) is 2.58. The van der Waals surface area contributed by atoms with Gasteiger partial charge in [0.05, 0.1) is 24.8 Å². The van der Waals surface area contributed by atoms with Crippen LogP contribution in [0.3, 0.4) is 0 Å². The number of nitrogens with one attached hydrogen (secondary N) is 2. The fraction of sp³-hybridized carbons (Fsp3) is 0.650. The summed E-state index contributed by atoms with van der Waals surface area (Å²) in [5, 5.41) is 7.07. The topological polar surface area (TPSA) is 53.6 Å². The molecule has 0 aromatic heterocycles. The van der Waals surface area contributed by atoms with Gasteiger partial charge in [0.15, 0.2) is 0 Å². The molecule has 2 aliphatic rings. The van der Waals surface area contributed by atoms with Crippen LogP contribution in [0.15, 0.2) is 24.3 Å². The van der Waals surface area contributed by atoms with E-state index < -0.39 is 0 Å². The number of hydrogen-bond acceptors (Lipinski definition) is 4. The van der Waals surface area contributed by atoms with Gasteiger partial charge in [-0.15, -0.1) is 0 Å². The molecule has 3 rings (SSSR count). The summed E-state index contributed by atoms with van der Waals surface area (Å²) < 4.78 is 5.85. The molecule has 1 aromatic rings. The lowest BCUT2D eigenvalue weighted by Crippen LogP contribution is -2.51. The molecule has 0 spiro atoms. The van der Waals surface area contributed by atoms with Crippen LogP contribution in [0.4, 0.5) is 0 Å². The molecule has 1 saturated carbocycles. The number of nitrogens with zero attached hydrogens (tertiary/aromatic N) is 1. The molecular formula is C20H30ClN3O2. The smallest absolute Gasteiger partial charge is 0.234 e. The normalized spacial score (nSPS) is 21.3. The third kappa shape index (κ3) is 5.95. The highest BCUT2D eigenvalue weighted by atomic mass is 35.5. The van der Waals surface area contributed by atoms with E-state index in [0.717, 1.165) is 30.6 Å². The van der Waals surface area contributed by atoms with Gasteiger partial charge in [-0.1, -0.05) is 23.7 Å². The van der Waals surface area contributed by atoms with Crippen LogP contribution in [0.5, 0.6) is 0 Å². The minimum atomic E-state index is -0.182. The summed E-state index contributed by atoms with van der Waals surface area (Å²) in [7, 11) is 0. The van der Waals surface area contributed by atoms with E-state index in [2.05, 4.69) is 29.4 Å². The average Bonchev–Trinajstić information content (AvgIpc) is 3.40. The second kappa shape index (κ2) is 8.70. The minimum Gasteiger partial charge on any atom is -0.373 e. The van der Waals surface area contributed by atoms with Gasteiger partial charge in [-0.25, -0.2) is 0 Å². The molecule has 1 amide bonds. The van der Waals surface area contributed by atoms with E-state index in [1.165, 1.54) is 18.4 Å². The highest BCUT2D eigenvalue weighted by Crippen LogP contribution is 2.28. The van der Waals surface area contributed by atoms with Gasteiger partial charge in [-0.05, 0) is 56.8 Å². The second-order valence-electron chi connectivity index (χ2n) is 8.02. The summed E-state index contributed by atoms with van der Waals surface area (Å²) in [5.74, 6) is 0.831. The zero-order valence-electron chi connectivity index (χ0n) is 15.8. The number of carbonyl (C=O) groups is 1. The van der Waals surface area contributed by atoms with Gasteiger partial charge in [-0.3, -0.25) is 9.69 Å². The minimum absolute atomic E-state index is 0.0529. The lowest BCUT2D eigenvalue weighted by molar-refractivity contribution is -0.121. The first-order valence-electron chi connectivity index (χ1n) is 9.54. The summed E-state index contributed by atoms with van der Waals surface area (Å²) in [4.78, 5) is 14.6. The lowest BCUT2D eigenvalue weighted by Gasteiger charge is -2.42. The Morgan fingerprint density at radius 3 is 2.73 bits per heavy atom. The Labute approximate surface area is 161 Å². The molecule has 0 radical (unpaired) electrons. The van der Waals surface area contributed by atoms with Crippen molar-refractivity contribution in [3.8, 4) is 0 Å². The Morgan fingerprint density at radius 2 is 2.08 bits per heavy atom. The number of carbonyl (C=O) groups excluding carboxylic acids is 1. The molecule has 1 aliphatic heterocycles. The van der Waals surface area contributed by atoms with Crippen molar-refractivity contribution in [1.82, 2.24) is 15.5 Å². The molecule has 2 N–H and O–H groups in total. The van der Waals surface area contributed by atoms with Gasteiger partial charge in [0.25, 0.3) is 0 Å². The van der Waals surface area contributed by atoms with E-state index >= 15 is 0 Å². The number of hydrogen-bond donors (Lipinski definition) is 2. The Kier molecular flexibility index (Phi) is 6.56. The van der Waals surface area contributed by atoms with Crippen molar-refractivity contribution < 1.29 is 9.53 Å². The van der Waals surface area contributed by atoms with Crippen LogP contribution >= 0.6 is 11.6 Å². The van der Waals surface area contributed by atoms with Crippen LogP contribution in [0.25, 0.3) is 0 Å². The summed E-state index contributed by atoms with van der Waals surface area (Å²) in [5.41, 5.74) is 0.983. The van der Waals surface area contributed by atoms with Gasteiger partial charge in [0, 0.05) is 24.7 Å². The molecule has 1 heterocycles. The first-order chi connectivity index (χ1) is 12.4. The number of rotatable bonds is 8. The van der Waals surface area contributed by atoms with Gasteiger partial charge < -0.3 is 15.4 Å². The summed E-state index contributed by atoms with van der Waals surface area (Å²) in [6, 6.07) is 8.03. The van der Waals surface area contributed by atoms with Gasteiger partial charge in [0.2, 0.25) is 5.91 Å². The van der Waals surface area contributed by atoms with Crippen molar-refractivity contribution in [2.45, 2.75) is 38.3 Å². The van der Waals surface area contributed by atoms with Crippen molar-refractivity contribution in [3.05, 3.63) is 34.9 Å². The number of amides is 1. The van der Waals surface area contributed by atoms with Crippen LogP contribution in [-0.4, -0.2) is 55.7 Å². The molecule has 1 saturated heterocycles. The number of morpholine rings is 1. The third-order valence-corrected chi connectivity index (χ3v) is 5.31. The van der Waals surface area contributed by atoms with Gasteiger partial charge in [0.1, 0.15) is 0 Å². The molecule has 6 heteroatoms. The predicted octanol–water partition coefficient (Wildman–Crippen LogP) is 2.61. The first kappa shape index (κ1) is 19.6. The molecule has 144 valence electrons. The van der Waals surface area contributed by atoms with E-state index in [0.29, 0.717) is 19.7 Å². The number of benzene rings is 1. The molecule has 5 nitrogen and oxygen atoms in total. The molecule has 1 aromatic carbocycles. The van der Waals surface area contributed by atoms with Crippen molar-refractivity contribution >= 4 is 17.5 Å². The Hall–Kier alpha value is -1.14.